The lowest BCUT2D eigenvalue weighted by Gasteiger charge is -2.29. The number of fused-ring (bicyclic) bond motifs is 1. The summed E-state index contributed by atoms with van der Waals surface area (Å²) in [6.45, 7) is 2.90. The smallest absolute Gasteiger partial charge is 0.319 e. The van der Waals surface area contributed by atoms with Crippen LogP contribution in [0.1, 0.15) is 0 Å². The zero-order chi connectivity index (χ0) is 15.5. The Morgan fingerprint density at radius 2 is 2.27 bits per heavy atom. The molecule has 1 fully saturated rings. The van der Waals surface area contributed by atoms with Crippen molar-refractivity contribution in [2.24, 2.45) is 0 Å². The van der Waals surface area contributed by atoms with Gasteiger partial charge in [-0.2, -0.15) is 9.97 Å². The summed E-state index contributed by atoms with van der Waals surface area (Å²) in [5.74, 6) is 1.09. The Morgan fingerprint density at radius 1 is 1.41 bits per heavy atom. The topological polar surface area (TPSA) is 82.7 Å². The van der Waals surface area contributed by atoms with Gasteiger partial charge in [0, 0.05) is 18.5 Å². The van der Waals surface area contributed by atoms with E-state index < -0.39 is 0 Å². The summed E-state index contributed by atoms with van der Waals surface area (Å²) in [4.78, 5) is 10.8. The van der Waals surface area contributed by atoms with Gasteiger partial charge in [0.15, 0.2) is 0 Å². The van der Waals surface area contributed by atoms with E-state index in [1.165, 1.54) is 0 Å². The lowest BCUT2D eigenvalue weighted by atomic mass is 10.2. The largest absolute Gasteiger partial charge is 0.497 e. The highest BCUT2D eigenvalue weighted by Crippen LogP contribution is 2.25. The van der Waals surface area contributed by atoms with Crippen molar-refractivity contribution in [2.45, 2.75) is 6.10 Å². The molecule has 0 saturated carbocycles. The van der Waals surface area contributed by atoms with Gasteiger partial charge in [0.1, 0.15) is 24.3 Å². The highest BCUT2D eigenvalue weighted by molar-refractivity contribution is 5.89. The minimum absolute atomic E-state index is 0.0233. The van der Waals surface area contributed by atoms with Gasteiger partial charge < -0.3 is 24.8 Å². The summed E-state index contributed by atoms with van der Waals surface area (Å²) in [5, 5.41) is 0.750. The molecule has 22 heavy (non-hydrogen) atoms. The molecule has 7 nitrogen and oxygen atoms in total. The molecule has 0 bridgehead atoms. The molecule has 7 heteroatoms. The van der Waals surface area contributed by atoms with Gasteiger partial charge in [-0.1, -0.05) is 0 Å². The fraction of sp³-hybridized carbons (Fsp3) is 0.467. The molecule has 0 amide bonds. The lowest BCUT2D eigenvalue weighted by Crippen LogP contribution is -2.42. The average Bonchev–Trinajstić information content (AvgIpc) is 2.53. The maximum atomic E-state index is 5.99. The number of methoxy groups -OCH3 is 1. The Morgan fingerprint density at radius 3 is 3.05 bits per heavy atom. The molecule has 0 spiro atoms. The molecule has 1 aliphatic rings. The van der Waals surface area contributed by atoms with Crippen LogP contribution in [0.3, 0.4) is 0 Å². The Hall–Kier alpha value is -2.12. The SMILES string of the molecule is COc1ccc2nc(OCC3CN(C)CCO3)nc(N)c2c1. The van der Waals surface area contributed by atoms with Crippen molar-refractivity contribution in [1.82, 2.24) is 14.9 Å². The van der Waals surface area contributed by atoms with Crippen molar-refractivity contribution in [3.05, 3.63) is 18.2 Å². The van der Waals surface area contributed by atoms with Crippen LogP contribution in [0.15, 0.2) is 18.2 Å². The first-order valence-electron chi connectivity index (χ1n) is 7.20. The maximum Gasteiger partial charge on any atom is 0.319 e. The van der Waals surface area contributed by atoms with E-state index in [1.807, 2.05) is 18.2 Å². The zero-order valence-corrected chi connectivity index (χ0v) is 12.8. The predicted molar refractivity (Wildman–Crippen MR) is 83.2 cm³/mol. The standard InChI is InChI=1S/C15H20N4O3/c1-19-5-6-21-11(8-19)9-22-15-17-13-4-3-10(20-2)7-12(13)14(16)18-15/h3-4,7,11H,5-6,8-9H2,1-2H3,(H2,16,17,18). The van der Waals surface area contributed by atoms with Crippen molar-refractivity contribution in [3.63, 3.8) is 0 Å². The first-order chi connectivity index (χ1) is 10.7. The number of nitrogen functional groups attached to an aromatic ring is 1. The van der Waals surface area contributed by atoms with Crippen molar-refractivity contribution >= 4 is 16.7 Å². The monoisotopic (exact) mass is 304 g/mol. The van der Waals surface area contributed by atoms with Crippen molar-refractivity contribution in [3.8, 4) is 11.8 Å². The second-order valence-corrected chi connectivity index (χ2v) is 5.34. The Labute approximate surface area is 129 Å². The molecule has 2 N–H and O–H groups in total. The number of hydrogen-bond acceptors (Lipinski definition) is 7. The highest BCUT2D eigenvalue weighted by atomic mass is 16.5. The Bertz CT molecular complexity index is 665. The summed E-state index contributed by atoms with van der Waals surface area (Å²) >= 11 is 0. The Kier molecular flexibility index (Phi) is 4.26. The molecule has 1 saturated heterocycles. The molecule has 3 rings (SSSR count). The zero-order valence-electron chi connectivity index (χ0n) is 12.8. The number of nitrogens with zero attached hydrogens (tertiary/aromatic N) is 3. The van der Waals surface area contributed by atoms with Gasteiger partial charge in [-0.3, -0.25) is 0 Å². The molecule has 0 aliphatic carbocycles. The van der Waals surface area contributed by atoms with Gasteiger partial charge in [-0.15, -0.1) is 0 Å². The number of benzene rings is 1. The number of rotatable bonds is 4. The number of ether oxygens (including phenoxy) is 3. The molecule has 1 aliphatic heterocycles. The second-order valence-electron chi connectivity index (χ2n) is 5.34. The molecule has 2 heterocycles. The number of nitrogens with two attached hydrogens (primary N) is 1. The van der Waals surface area contributed by atoms with Crippen LogP contribution in [0, 0.1) is 0 Å². The predicted octanol–water partition coefficient (Wildman–Crippen LogP) is 0.930. The lowest BCUT2D eigenvalue weighted by molar-refractivity contribution is -0.0416. The van der Waals surface area contributed by atoms with Crippen molar-refractivity contribution in [1.29, 1.82) is 0 Å². The number of likely N-dealkylation sites (N-methyl/N-ethyl adjacent to an activating group) is 1. The van der Waals surface area contributed by atoms with Crippen LogP contribution in [0.2, 0.25) is 0 Å². The molecule has 0 radical (unpaired) electrons. The highest BCUT2D eigenvalue weighted by Gasteiger charge is 2.19. The quantitative estimate of drug-likeness (QED) is 0.899. The van der Waals surface area contributed by atoms with Crippen LogP contribution < -0.4 is 15.2 Å². The molecular formula is C15H20N4O3. The summed E-state index contributed by atoms with van der Waals surface area (Å²) < 4.78 is 16.5. The van der Waals surface area contributed by atoms with E-state index in [-0.39, 0.29) is 12.1 Å². The third kappa shape index (κ3) is 3.20. The Balaban J connectivity index is 1.74. The van der Waals surface area contributed by atoms with Gasteiger partial charge in [-0.25, -0.2) is 0 Å². The van der Waals surface area contributed by atoms with Gasteiger partial charge in [0.05, 0.1) is 19.2 Å². The van der Waals surface area contributed by atoms with Crippen LogP contribution in [-0.4, -0.2) is 61.4 Å². The van der Waals surface area contributed by atoms with Crippen LogP contribution in [0.25, 0.3) is 10.9 Å². The van der Waals surface area contributed by atoms with Gasteiger partial charge in [-0.05, 0) is 25.2 Å². The number of morpholine rings is 1. The van der Waals surface area contributed by atoms with Crippen LogP contribution in [0.5, 0.6) is 11.8 Å². The van der Waals surface area contributed by atoms with E-state index in [2.05, 4.69) is 21.9 Å². The number of hydrogen-bond donors (Lipinski definition) is 1. The van der Waals surface area contributed by atoms with E-state index in [4.69, 9.17) is 19.9 Å². The van der Waals surface area contributed by atoms with Crippen molar-refractivity contribution < 1.29 is 14.2 Å². The van der Waals surface area contributed by atoms with Gasteiger partial charge in [0.2, 0.25) is 0 Å². The van der Waals surface area contributed by atoms with Crippen LogP contribution >= 0.6 is 0 Å². The van der Waals surface area contributed by atoms with Gasteiger partial charge in [0.25, 0.3) is 0 Å². The number of aromatic nitrogens is 2. The van der Waals surface area contributed by atoms with Gasteiger partial charge >= 0.3 is 6.01 Å². The van der Waals surface area contributed by atoms with E-state index in [0.29, 0.717) is 19.0 Å². The molecule has 1 aromatic carbocycles. The molecule has 1 aromatic heterocycles. The summed E-state index contributed by atoms with van der Waals surface area (Å²) in [5.41, 5.74) is 6.71. The van der Waals surface area contributed by atoms with Crippen molar-refractivity contribution in [2.75, 3.05) is 46.2 Å². The average molecular weight is 304 g/mol. The van der Waals surface area contributed by atoms with Crippen LogP contribution in [-0.2, 0) is 4.74 Å². The van der Waals surface area contributed by atoms with E-state index in [1.54, 1.807) is 7.11 Å². The summed E-state index contributed by atoms with van der Waals surface area (Å²) in [6.07, 6.45) is 0.0233. The third-order valence-electron chi connectivity index (χ3n) is 3.65. The molecule has 118 valence electrons. The first kappa shape index (κ1) is 14.8. The minimum Gasteiger partial charge on any atom is -0.497 e. The second kappa shape index (κ2) is 6.33. The summed E-state index contributed by atoms with van der Waals surface area (Å²) in [7, 11) is 3.67. The molecule has 2 aromatic rings. The normalized spacial score (nSPS) is 19.3. The summed E-state index contributed by atoms with van der Waals surface area (Å²) in [6, 6.07) is 5.75. The minimum atomic E-state index is 0.0233. The van der Waals surface area contributed by atoms with E-state index in [9.17, 15) is 0 Å². The molecular weight excluding hydrogens is 284 g/mol. The van der Waals surface area contributed by atoms with E-state index in [0.717, 1.165) is 29.7 Å². The maximum absolute atomic E-state index is 5.99. The number of anilines is 1. The molecule has 1 unspecified atom stereocenters. The van der Waals surface area contributed by atoms with E-state index >= 15 is 0 Å². The third-order valence-corrected chi connectivity index (χ3v) is 3.65. The fourth-order valence-electron chi connectivity index (χ4n) is 2.44. The molecule has 1 atom stereocenters. The van der Waals surface area contributed by atoms with Crippen LogP contribution in [0.4, 0.5) is 5.82 Å². The fourth-order valence-corrected chi connectivity index (χ4v) is 2.44. The first-order valence-corrected chi connectivity index (χ1v) is 7.20.